The van der Waals surface area contributed by atoms with Crippen LogP contribution in [-0.2, 0) is 9.31 Å². The molecule has 3 nitrogen and oxygen atoms in total. The SMILES string of the molecule is CC1(C)OB(c2c(N)cccc2C2CC2)OC1(C)C. The molecule has 1 saturated carbocycles. The van der Waals surface area contributed by atoms with Gasteiger partial charge in [0.25, 0.3) is 0 Å². The fourth-order valence-electron chi connectivity index (χ4n) is 2.59. The Hall–Kier alpha value is -0.995. The van der Waals surface area contributed by atoms with Gasteiger partial charge in [-0.05, 0) is 58.1 Å². The molecule has 0 radical (unpaired) electrons. The number of benzene rings is 1. The van der Waals surface area contributed by atoms with E-state index in [2.05, 4.69) is 33.8 Å². The van der Waals surface area contributed by atoms with Gasteiger partial charge in [-0.1, -0.05) is 12.1 Å². The van der Waals surface area contributed by atoms with Crippen LogP contribution < -0.4 is 11.2 Å². The molecule has 1 heterocycles. The molecule has 0 atom stereocenters. The molecule has 102 valence electrons. The first kappa shape index (κ1) is 13.0. The van der Waals surface area contributed by atoms with E-state index in [0.717, 1.165) is 11.2 Å². The highest BCUT2D eigenvalue weighted by atomic mass is 16.7. The van der Waals surface area contributed by atoms with Crippen LogP contribution in [0.1, 0.15) is 52.0 Å². The van der Waals surface area contributed by atoms with Crippen molar-refractivity contribution in [3.63, 3.8) is 0 Å². The zero-order valence-electron chi connectivity index (χ0n) is 12.2. The van der Waals surface area contributed by atoms with Crippen LogP contribution in [0.2, 0.25) is 0 Å². The molecule has 1 aromatic rings. The molecule has 1 saturated heterocycles. The van der Waals surface area contributed by atoms with Gasteiger partial charge in [-0.3, -0.25) is 0 Å². The lowest BCUT2D eigenvalue weighted by atomic mass is 9.73. The van der Waals surface area contributed by atoms with Crippen LogP contribution in [0.3, 0.4) is 0 Å². The van der Waals surface area contributed by atoms with E-state index in [0.29, 0.717) is 5.92 Å². The van der Waals surface area contributed by atoms with Gasteiger partial charge in [0.15, 0.2) is 0 Å². The van der Waals surface area contributed by atoms with Crippen LogP contribution in [-0.4, -0.2) is 18.3 Å². The first-order chi connectivity index (χ1) is 8.82. The summed E-state index contributed by atoms with van der Waals surface area (Å²) in [5.41, 5.74) is 8.68. The molecule has 0 spiro atoms. The van der Waals surface area contributed by atoms with Crippen LogP contribution >= 0.6 is 0 Å². The third-order valence-electron chi connectivity index (χ3n) is 4.68. The van der Waals surface area contributed by atoms with Gasteiger partial charge in [0.1, 0.15) is 0 Å². The fraction of sp³-hybridized carbons (Fsp3) is 0.600. The number of hydrogen-bond donors (Lipinski definition) is 1. The smallest absolute Gasteiger partial charge is 0.399 e. The normalized spacial score (nSPS) is 24.7. The molecular weight excluding hydrogens is 237 g/mol. The van der Waals surface area contributed by atoms with Crippen molar-refractivity contribution >= 4 is 18.3 Å². The van der Waals surface area contributed by atoms with Crippen molar-refractivity contribution in [3.8, 4) is 0 Å². The molecule has 1 aliphatic heterocycles. The Bertz CT molecular complexity index is 493. The second-order valence-electron chi connectivity index (χ2n) is 6.71. The third-order valence-corrected chi connectivity index (χ3v) is 4.68. The maximum Gasteiger partial charge on any atom is 0.497 e. The van der Waals surface area contributed by atoms with Gasteiger partial charge < -0.3 is 15.0 Å². The van der Waals surface area contributed by atoms with E-state index < -0.39 is 0 Å². The molecule has 0 aromatic heterocycles. The van der Waals surface area contributed by atoms with Gasteiger partial charge in [-0.2, -0.15) is 0 Å². The van der Waals surface area contributed by atoms with E-state index in [9.17, 15) is 0 Å². The lowest BCUT2D eigenvalue weighted by Crippen LogP contribution is -2.41. The second kappa shape index (κ2) is 4.00. The van der Waals surface area contributed by atoms with E-state index in [1.165, 1.54) is 18.4 Å². The molecule has 19 heavy (non-hydrogen) atoms. The Morgan fingerprint density at radius 1 is 1.11 bits per heavy atom. The fourth-order valence-corrected chi connectivity index (χ4v) is 2.59. The Morgan fingerprint density at radius 3 is 2.21 bits per heavy atom. The molecule has 2 fully saturated rings. The van der Waals surface area contributed by atoms with E-state index in [4.69, 9.17) is 15.0 Å². The van der Waals surface area contributed by atoms with Crippen LogP contribution in [0, 0.1) is 0 Å². The van der Waals surface area contributed by atoms with Crippen molar-refractivity contribution < 1.29 is 9.31 Å². The number of nitrogen functional groups attached to an aromatic ring is 1. The summed E-state index contributed by atoms with van der Waals surface area (Å²) in [5.74, 6) is 0.637. The maximum absolute atomic E-state index is 6.18. The summed E-state index contributed by atoms with van der Waals surface area (Å²) < 4.78 is 12.3. The molecule has 1 aliphatic carbocycles. The van der Waals surface area contributed by atoms with E-state index in [-0.39, 0.29) is 18.3 Å². The lowest BCUT2D eigenvalue weighted by Gasteiger charge is -2.32. The Balaban J connectivity index is 2.00. The predicted molar refractivity (Wildman–Crippen MR) is 78.5 cm³/mol. The first-order valence-corrected chi connectivity index (χ1v) is 7.06. The minimum absolute atomic E-state index is 0.319. The molecule has 2 aliphatic rings. The molecular formula is C15H22BNO2. The molecule has 2 N–H and O–H groups in total. The van der Waals surface area contributed by atoms with E-state index in [1.807, 2.05) is 12.1 Å². The summed E-state index contributed by atoms with van der Waals surface area (Å²) in [6.45, 7) is 8.29. The van der Waals surface area contributed by atoms with Gasteiger partial charge in [-0.15, -0.1) is 0 Å². The van der Waals surface area contributed by atoms with E-state index in [1.54, 1.807) is 0 Å². The van der Waals surface area contributed by atoms with Crippen molar-refractivity contribution in [2.75, 3.05) is 5.73 Å². The van der Waals surface area contributed by atoms with Gasteiger partial charge in [0, 0.05) is 11.2 Å². The number of nitrogens with two attached hydrogens (primary N) is 1. The highest BCUT2D eigenvalue weighted by Crippen LogP contribution is 2.42. The second-order valence-corrected chi connectivity index (χ2v) is 6.71. The van der Waals surface area contributed by atoms with Gasteiger partial charge in [-0.25, -0.2) is 0 Å². The van der Waals surface area contributed by atoms with Crippen molar-refractivity contribution in [3.05, 3.63) is 23.8 Å². The number of hydrogen-bond acceptors (Lipinski definition) is 3. The Labute approximate surface area is 115 Å². The maximum atomic E-state index is 6.18. The summed E-state index contributed by atoms with van der Waals surface area (Å²) in [5, 5.41) is 0. The zero-order valence-corrected chi connectivity index (χ0v) is 12.2. The third kappa shape index (κ3) is 2.07. The van der Waals surface area contributed by atoms with Crippen LogP contribution in [0.5, 0.6) is 0 Å². The summed E-state index contributed by atoms with van der Waals surface area (Å²) in [4.78, 5) is 0. The largest absolute Gasteiger partial charge is 0.497 e. The molecule has 1 aromatic carbocycles. The monoisotopic (exact) mass is 259 g/mol. The van der Waals surface area contributed by atoms with Gasteiger partial charge in [0.05, 0.1) is 11.2 Å². The van der Waals surface area contributed by atoms with Gasteiger partial charge in [0.2, 0.25) is 0 Å². The van der Waals surface area contributed by atoms with E-state index >= 15 is 0 Å². The number of rotatable bonds is 2. The van der Waals surface area contributed by atoms with Crippen LogP contribution in [0.4, 0.5) is 5.69 Å². The predicted octanol–water partition coefficient (Wildman–Crippen LogP) is 2.45. The minimum atomic E-state index is -0.346. The molecule has 0 unspecified atom stereocenters. The Morgan fingerprint density at radius 2 is 1.68 bits per heavy atom. The van der Waals surface area contributed by atoms with Crippen molar-refractivity contribution in [1.82, 2.24) is 0 Å². The average molecular weight is 259 g/mol. The van der Waals surface area contributed by atoms with Crippen molar-refractivity contribution in [1.29, 1.82) is 0 Å². The highest BCUT2D eigenvalue weighted by molar-refractivity contribution is 6.64. The summed E-state index contributed by atoms with van der Waals surface area (Å²) in [7, 11) is -0.346. The average Bonchev–Trinajstić information content (AvgIpc) is 3.07. The number of anilines is 1. The van der Waals surface area contributed by atoms with Crippen molar-refractivity contribution in [2.24, 2.45) is 0 Å². The Kier molecular flexibility index (Phi) is 2.74. The zero-order chi connectivity index (χ0) is 13.8. The van der Waals surface area contributed by atoms with Gasteiger partial charge >= 0.3 is 7.12 Å². The first-order valence-electron chi connectivity index (χ1n) is 7.06. The molecule has 0 bridgehead atoms. The summed E-state index contributed by atoms with van der Waals surface area (Å²) in [6.07, 6.45) is 2.49. The molecule has 0 amide bonds. The topological polar surface area (TPSA) is 44.5 Å². The molecule has 3 rings (SSSR count). The van der Waals surface area contributed by atoms with Crippen LogP contribution in [0.25, 0.3) is 0 Å². The highest BCUT2D eigenvalue weighted by Gasteiger charge is 2.53. The lowest BCUT2D eigenvalue weighted by molar-refractivity contribution is 0.00578. The standard InChI is InChI=1S/C15H22BNO2/c1-14(2)15(3,4)19-16(18-14)13-11(10-8-9-10)6-5-7-12(13)17/h5-7,10H,8-9,17H2,1-4H3. The van der Waals surface area contributed by atoms with Crippen molar-refractivity contribution in [2.45, 2.75) is 57.7 Å². The summed E-state index contributed by atoms with van der Waals surface area (Å²) >= 11 is 0. The quantitative estimate of drug-likeness (QED) is 0.655. The van der Waals surface area contributed by atoms with Crippen LogP contribution in [0.15, 0.2) is 18.2 Å². The minimum Gasteiger partial charge on any atom is -0.399 e. The summed E-state index contributed by atoms with van der Waals surface area (Å²) in [6, 6.07) is 6.12. The molecule has 4 heteroatoms.